The highest BCUT2D eigenvalue weighted by atomic mass is 16.3. The summed E-state index contributed by atoms with van der Waals surface area (Å²) in [4.78, 5) is 41.4. The topological polar surface area (TPSA) is 107 Å². The van der Waals surface area contributed by atoms with Gasteiger partial charge in [0.2, 0.25) is 0 Å². The van der Waals surface area contributed by atoms with E-state index in [2.05, 4.69) is 5.32 Å². The molecule has 236 valence electrons. The highest BCUT2D eigenvalue weighted by molar-refractivity contribution is 6.00. The first-order chi connectivity index (χ1) is 21.0. The van der Waals surface area contributed by atoms with E-state index in [4.69, 9.17) is 0 Å². The second-order valence-electron chi connectivity index (χ2n) is 12.3. The van der Waals surface area contributed by atoms with Crippen molar-refractivity contribution in [3.8, 4) is 0 Å². The van der Waals surface area contributed by atoms with Crippen LogP contribution >= 0.6 is 0 Å². The van der Waals surface area contributed by atoms with Crippen LogP contribution in [0.1, 0.15) is 84.8 Å². The molecule has 3 aromatic rings. The molecule has 3 N–H and O–H groups in total. The molecule has 0 aliphatic rings. The SMILES string of the molecule is CC(C)CCC(=O)[C@@H](NC[C@@H](O)[C@@H](CC(=O)c1cccc(C(=O)N(C)[C@H](C)c2ccccc2)c1)Cc1ccccc1)[C@H](C)O. The summed E-state index contributed by atoms with van der Waals surface area (Å²) in [5, 5.41) is 24.7. The average molecular weight is 601 g/mol. The van der Waals surface area contributed by atoms with Crippen molar-refractivity contribution in [3.05, 3.63) is 107 Å². The molecule has 0 bridgehead atoms. The zero-order valence-electron chi connectivity index (χ0n) is 26.6. The Bertz CT molecular complexity index is 1340. The van der Waals surface area contributed by atoms with E-state index in [0.29, 0.717) is 29.9 Å². The number of amides is 1. The monoisotopic (exact) mass is 600 g/mol. The number of nitrogens with one attached hydrogen (secondary N) is 1. The van der Waals surface area contributed by atoms with Crippen LogP contribution in [0.25, 0.3) is 0 Å². The molecule has 3 aromatic carbocycles. The first-order valence-corrected chi connectivity index (χ1v) is 15.6. The summed E-state index contributed by atoms with van der Waals surface area (Å²) < 4.78 is 0. The average Bonchev–Trinajstić information content (AvgIpc) is 3.03. The summed E-state index contributed by atoms with van der Waals surface area (Å²) in [5.41, 5.74) is 2.81. The zero-order valence-corrected chi connectivity index (χ0v) is 26.6. The molecule has 0 fully saturated rings. The van der Waals surface area contributed by atoms with Gasteiger partial charge in [0.15, 0.2) is 11.6 Å². The molecule has 0 heterocycles. The fraction of sp³-hybridized carbons (Fsp3) is 0.432. The highest BCUT2D eigenvalue weighted by Crippen LogP contribution is 2.23. The summed E-state index contributed by atoms with van der Waals surface area (Å²) in [5.74, 6) is -0.560. The first kappa shape index (κ1) is 34.8. The number of aliphatic hydroxyl groups is 2. The number of hydrogen-bond donors (Lipinski definition) is 3. The molecule has 0 saturated heterocycles. The lowest BCUT2D eigenvalue weighted by atomic mass is 9.87. The van der Waals surface area contributed by atoms with E-state index < -0.39 is 24.2 Å². The van der Waals surface area contributed by atoms with Gasteiger partial charge in [0.1, 0.15) is 0 Å². The molecule has 0 saturated carbocycles. The van der Waals surface area contributed by atoms with Gasteiger partial charge in [-0.25, -0.2) is 0 Å². The lowest BCUT2D eigenvalue weighted by Crippen LogP contribution is -2.49. The summed E-state index contributed by atoms with van der Waals surface area (Å²) in [7, 11) is 1.75. The number of benzene rings is 3. The molecular weight excluding hydrogens is 552 g/mol. The Morgan fingerprint density at radius 1 is 0.818 bits per heavy atom. The normalized spacial score (nSPS) is 14.8. The number of carbonyl (C=O) groups excluding carboxylic acids is 3. The molecule has 0 unspecified atom stereocenters. The van der Waals surface area contributed by atoms with Gasteiger partial charge in [0, 0.05) is 37.6 Å². The van der Waals surface area contributed by atoms with Crippen LogP contribution in [0.4, 0.5) is 0 Å². The summed E-state index contributed by atoms with van der Waals surface area (Å²) in [6.07, 6.45) is -0.311. The number of carbonyl (C=O) groups is 3. The summed E-state index contributed by atoms with van der Waals surface area (Å²) in [6.45, 7) is 7.67. The molecule has 0 radical (unpaired) electrons. The Labute approximate surface area is 262 Å². The minimum absolute atomic E-state index is 0.0479. The van der Waals surface area contributed by atoms with Crippen molar-refractivity contribution in [2.24, 2.45) is 11.8 Å². The lowest BCUT2D eigenvalue weighted by Gasteiger charge is -2.27. The smallest absolute Gasteiger partial charge is 0.254 e. The van der Waals surface area contributed by atoms with Crippen molar-refractivity contribution in [2.75, 3.05) is 13.6 Å². The summed E-state index contributed by atoms with van der Waals surface area (Å²) >= 11 is 0. The molecule has 0 aliphatic heterocycles. The highest BCUT2D eigenvalue weighted by Gasteiger charge is 2.28. The van der Waals surface area contributed by atoms with Crippen molar-refractivity contribution in [1.29, 1.82) is 0 Å². The lowest BCUT2D eigenvalue weighted by molar-refractivity contribution is -0.123. The van der Waals surface area contributed by atoms with E-state index in [9.17, 15) is 24.6 Å². The fourth-order valence-corrected chi connectivity index (χ4v) is 5.33. The van der Waals surface area contributed by atoms with Crippen LogP contribution in [-0.2, 0) is 11.2 Å². The van der Waals surface area contributed by atoms with Gasteiger partial charge in [-0.05, 0) is 61.8 Å². The Kier molecular flexibility index (Phi) is 13.5. The van der Waals surface area contributed by atoms with Gasteiger partial charge in [0.05, 0.1) is 24.3 Å². The van der Waals surface area contributed by atoms with E-state index in [-0.39, 0.29) is 36.5 Å². The number of aliphatic hydroxyl groups excluding tert-OH is 2. The fourth-order valence-electron chi connectivity index (χ4n) is 5.33. The van der Waals surface area contributed by atoms with Gasteiger partial charge in [-0.1, -0.05) is 86.6 Å². The third-order valence-electron chi connectivity index (χ3n) is 8.29. The largest absolute Gasteiger partial charge is 0.391 e. The van der Waals surface area contributed by atoms with Gasteiger partial charge in [0.25, 0.3) is 5.91 Å². The van der Waals surface area contributed by atoms with Crippen LogP contribution in [0.3, 0.4) is 0 Å². The Balaban J connectivity index is 1.75. The van der Waals surface area contributed by atoms with Crippen LogP contribution in [0.5, 0.6) is 0 Å². The first-order valence-electron chi connectivity index (χ1n) is 15.6. The molecule has 3 rings (SSSR count). The molecule has 0 spiro atoms. The van der Waals surface area contributed by atoms with Crippen molar-refractivity contribution < 1.29 is 24.6 Å². The Hall–Kier alpha value is -3.65. The quantitative estimate of drug-likeness (QED) is 0.173. The van der Waals surface area contributed by atoms with Gasteiger partial charge in [-0.3, -0.25) is 14.4 Å². The van der Waals surface area contributed by atoms with Crippen LogP contribution in [0.15, 0.2) is 84.9 Å². The van der Waals surface area contributed by atoms with E-state index >= 15 is 0 Å². The Morgan fingerprint density at radius 3 is 2.05 bits per heavy atom. The zero-order chi connectivity index (χ0) is 32.2. The number of ketones is 2. The number of nitrogens with zero attached hydrogens (tertiary/aromatic N) is 1. The molecule has 1 amide bonds. The van der Waals surface area contributed by atoms with Gasteiger partial charge < -0.3 is 20.4 Å². The molecule has 5 atom stereocenters. The minimum Gasteiger partial charge on any atom is -0.391 e. The number of hydrogen-bond acceptors (Lipinski definition) is 6. The van der Waals surface area contributed by atoms with Crippen molar-refractivity contribution >= 4 is 17.5 Å². The van der Waals surface area contributed by atoms with Crippen molar-refractivity contribution in [2.45, 2.75) is 77.7 Å². The van der Waals surface area contributed by atoms with E-state index in [1.54, 1.807) is 43.1 Å². The predicted molar refractivity (Wildman–Crippen MR) is 175 cm³/mol. The van der Waals surface area contributed by atoms with E-state index in [0.717, 1.165) is 17.5 Å². The third-order valence-corrected chi connectivity index (χ3v) is 8.29. The molecule has 44 heavy (non-hydrogen) atoms. The van der Waals surface area contributed by atoms with Crippen molar-refractivity contribution in [1.82, 2.24) is 10.2 Å². The van der Waals surface area contributed by atoms with Gasteiger partial charge in [-0.15, -0.1) is 0 Å². The minimum atomic E-state index is -0.957. The second kappa shape index (κ2) is 17.0. The molecule has 0 aliphatic carbocycles. The van der Waals surface area contributed by atoms with Gasteiger partial charge in [-0.2, -0.15) is 0 Å². The second-order valence-corrected chi connectivity index (χ2v) is 12.3. The third kappa shape index (κ3) is 10.2. The van der Waals surface area contributed by atoms with Crippen LogP contribution in [-0.4, -0.2) is 64.4 Å². The number of Topliss-reactive ketones (excluding diaryl/α,β-unsaturated/α-hetero) is 2. The van der Waals surface area contributed by atoms with Crippen LogP contribution in [0, 0.1) is 11.8 Å². The molecule has 7 nitrogen and oxygen atoms in total. The van der Waals surface area contributed by atoms with Crippen molar-refractivity contribution in [3.63, 3.8) is 0 Å². The number of rotatable bonds is 17. The maximum Gasteiger partial charge on any atom is 0.254 e. The van der Waals surface area contributed by atoms with Gasteiger partial charge >= 0.3 is 0 Å². The Morgan fingerprint density at radius 2 is 1.43 bits per heavy atom. The maximum atomic E-state index is 13.6. The standard InChI is InChI=1S/C37H48N2O5/c1-25(2)19-20-33(41)36(27(4)40)38-24-35(43)32(21-28-13-8-6-9-14-28)23-34(42)30-17-12-18-31(22-30)37(44)39(5)26(3)29-15-10-7-11-16-29/h6-18,22,25-27,32,35-36,38,40,43H,19-21,23-24H2,1-5H3/t26-,27+,32-,35-,36+/m1/s1. The van der Waals surface area contributed by atoms with E-state index in [1.807, 2.05) is 81.4 Å². The molecule has 7 heteroatoms. The molecule has 0 aromatic heterocycles. The van der Waals surface area contributed by atoms with Crippen LogP contribution < -0.4 is 5.32 Å². The van der Waals surface area contributed by atoms with Crippen LogP contribution in [0.2, 0.25) is 0 Å². The summed E-state index contributed by atoms with van der Waals surface area (Å²) in [6, 6.07) is 25.2. The predicted octanol–water partition coefficient (Wildman–Crippen LogP) is 5.66. The van der Waals surface area contributed by atoms with E-state index in [1.165, 1.54) is 0 Å². The molecular formula is C37H48N2O5. The maximum absolute atomic E-state index is 13.6.